The van der Waals surface area contributed by atoms with E-state index in [1.807, 2.05) is 0 Å². The van der Waals surface area contributed by atoms with Crippen molar-refractivity contribution in [3.05, 3.63) is 35.4 Å². The lowest BCUT2D eigenvalue weighted by atomic mass is 9.67. The standard InChI is InChI=1S/C21H31N3O.2ClH/c25-20(21-9-2-1-8-19(21)14-22-16-21)23-13-17-6-5-7-18(12-17)15-24-10-3-4-11-24;;/h5-7,12,19,22H,1-4,8-11,13-16H2,(H,23,25);2*1H/t19-,21+;;/m0../s1. The molecule has 2 atom stereocenters. The lowest BCUT2D eigenvalue weighted by molar-refractivity contribution is -0.134. The maximum atomic E-state index is 13.0. The van der Waals surface area contributed by atoms with E-state index in [-0.39, 0.29) is 36.1 Å². The smallest absolute Gasteiger partial charge is 0.228 e. The molecule has 0 spiro atoms. The second-order valence-electron chi connectivity index (χ2n) is 8.22. The van der Waals surface area contributed by atoms with E-state index in [1.165, 1.54) is 56.3 Å². The van der Waals surface area contributed by atoms with Crippen LogP contribution in [0.2, 0.25) is 0 Å². The highest BCUT2D eigenvalue weighted by atomic mass is 35.5. The Hall–Kier alpha value is -0.810. The molecule has 27 heavy (non-hydrogen) atoms. The minimum absolute atomic E-state index is 0. The summed E-state index contributed by atoms with van der Waals surface area (Å²) in [6, 6.07) is 8.74. The van der Waals surface area contributed by atoms with Crippen LogP contribution in [0.15, 0.2) is 24.3 Å². The van der Waals surface area contributed by atoms with Crippen LogP contribution >= 0.6 is 24.8 Å². The fourth-order valence-electron chi connectivity index (χ4n) is 5.09. The number of hydrogen-bond donors (Lipinski definition) is 2. The molecule has 1 aromatic rings. The Labute approximate surface area is 175 Å². The average Bonchev–Trinajstić information content (AvgIpc) is 3.30. The molecule has 6 heteroatoms. The summed E-state index contributed by atoms with van der Waals surface area (Å²) in [5.41, 5.74) is 2.44. The van der Waals surface area contributed by atoms with Gasteiger partial charge in [-0.05, 0) is 62.4 Å². The Morgan fingerprint density at radius 2 is 1.93 bits per heavy atom. The van der Waals surface area contributed by atoms with Crippen LogP contribution in [0.4, 0.5) is 0 Å². The number of carbonyl (C=O) groups excluding carboxylic acids is 1. The van der Waals surface area contributed by atoms with E-state index in [2.05, 4.69) is 39.8 Å². The van der Waals surface area contributed by atoms with Crippen LogP contribution in [-0.4, -0.2) is 37.0 Å². The van der Waals surface area contributed by atoms with Gasteiger partial charge in [-0.25, -0.2) is 0 Å². The number of nitrogens with zero attached hydrogens (tertiary/aromatic N) is 1. The highest BCUT2D eigenvalue weighted by Crippen LogP contribution is 2.43. The molecule has 1 saturated carbocycles. The Morgan fingerprint density at radius 1 is 1.15 bits per heavy atom. The predicted molar refractivity (Wildman–Crippen MR) is 115 cm³/mol. The van der Waals surface area contributed by atoms with E-state index in [1.54, 1.807) is 0 Å². The predicted octanol–water partition coefficient (Wildman–Crippen LogP) is 3.52. The molecule has 2 heterocycles. The van der Waals surface area contributed by atoms with Crippen LogP contribution in [0.25, 0.3) is 0 Å². The van der Waals surface area contributed by atoms with Gasteiger partial charge in [0.05, 0.1) is 5.41 Å². The molecule has 3 aliphatic rings. The van der Waals surface area contributed by atoms with Crippen molar-refractivity contribution in [3.63, 3.8) is 0 Å². The molecule has 0 unspecified atom stereocenters. The van der Waals surface area contributed by atoms with Gasteiger partial charge in [-0.3, -0.25) is 9.69 Å². The van der Waals surface area contributed by atoms with E-state index in [0.717, 1.165) is 26.1 Å². The minimum atomic E-state index is -0.147. The zero-order valence-electron chi connectivity index (χ0n) is 16.0. The van der Waals surface area contributed by atoms with Crippen molar-refractivity contribution >= 4 is 30.7 Å². The molecule has 0 bridgehead atoms. The van der Waals surface area contributed by atoms with Gasteiger partial charge >= 0.3 is 0 Å². The molecule has 2 saturated heterocycles. The van der Waals surface area contributed by atoms with Crippen molar-refractivity contribution in [2.24, 2.45) is 11.3 Å². The third kappa shape index (κ3) is 4.97. The fraction of sp³-hybridized carbons (Fsp3) is 0.667. The largest absolute Gasteiger partial charge is 0.351 e. The van der Waals surface area contributed by atoms with Crippen molar-refractivity contribution in [1.29, 1.82) is 0 Å². The highest BCUT2D eigenvalue weighted by molar-refractivity contribution is 5.85. The zero-order valence-corrected chi connectivity index (χ0v) is 17.7. The summed E-state index contributed by atoms with van der Waals surface area (Å²) in [5.74, 6) is 0.801. The first kappa shape index (κ1) is 22.5. The molecule has 2 aliphatic heterocycles. The number of nitrogens with one attached hydrogen (secondary N) is 2. The van der Waals surface area contributed by atoms with Crippen molar-refractivity contribution in [3.8, 4) is 0 Å². The molecule has 1 aliphatic carbocycles. The molecule has 1 amide bonds. The van der Waals surface area contributed by atoms with Gasteiger partial charge in [0.25, 0.3) is 0 Å². The minimum Gasteiger partial charge on any atom is -0.351 e. The van der Waals surface area contributed by atoms with Gasteiger partial charge in [0.2, 0.25) is 5.91 Å². The first-order chi connectivity index (χ1) is 12.3. The average molecular weight is 414 g/mol. The third-order valence-electron chi connectivity index (χ3n) is 6.54. The van der Waals surface area contributed by atoms with Crippen LogP contribution in [-0.2, 0) is 17.9 Å². The van der Waals surface area contributed by atoms with Crippen LogP contribution in [0.1, 0.15) is 49.7 Å². The second-order valence-corrected chi connectivity index (χ2v) is 8.22. The molecule has 4 rings (SSSR count). The summed E-state index contributed by atoms with van der Waals surface area (Å²) in [6.45, 7) is 6.01. The zero-order chi connectivity index (χ0) is 17.1. The topological polar surface area (TPSA) is 44.4 Å². The van der Waals surface area contributed by atoms with Crippen LogP contribution in [0.5, 0.6) is 0 Å². The number of likely N-dealkylation sites (tertiary alicyclic amines) is 1. The van der Waals surface area contributed by atoms with E-state index >= 15 is 0 Å². The number of carbonyl (C=O) groups is 1. The Morgan fingerprint density at radius 3 is 2.74 bits per heavy atom. The van der Waals surface area contributed by atoms with Crippen LogP contribution < -0.4 is 10.6 Å². The SMILES string of the molecule is Cl.Cl.O=C(NCc1cccc(CN2CCCC2)c1)[C@@]12CCCC[C@H]1CNC2. The van der Waals surface area contributed by atoms with Crippen LogP contribution in [0.3, 0.4) is 0 Å². The number of amides is 1. The normalized spacial score (nSPS) is 27.3. The van der Waals surface area contributed by atoms with Gasteiger partial charge in [0, 0.05) is 19.6 Å². The Kier molecular flexibility index (Phi) is 8.41. The first-order valence-electron chi connectivity index (χ1n) is 10.1. The number of hydrogen-bond acceptors (Lipinski definition) is 3. The monoisotopic (exact) mass is 413 g/mol. The van der Waals surface area contributed by atoms with E-state index in [0.29, 0.717) is 12.5 Å². The number of benzene rings is 1. The van der Waals surface area contributed by atoms with Crippen molar-refractivity contribution in [2.45, 2.75) is 51.6 Å². The Balaban J connectivity index is 0.00000131. The quantitative estimate of drug-likeness (QED) is 0.775. The molecule has 2 N–H and O–H groups in total. The lowest BCUT2D eigenvalue weighted by Gasteiger charge is -2.37. The van der Waals surface area contributed by atoms with Gasteiger partial charge in [0.1, 0.15) is 0 Å². The van der Waals surface area contributed by atoms with Gasteiger partial charge in [-0.1, -0.05) is 37.1 Å². The molecule has 1 aromatic carbocycles. The van der Waals surface area contributed by atoms with Crippen molar-refractivity contribution < 1.29 is 4.79 Å². The van der Waals surface area contributed by atoms with Gasteiger partial charge < -0.3 is 10.6 Å². The summed E-state index contributed by atoms with van der Waals surface area (Å²) in [6.07, 6.45) is 7.37. The number of halogens is 2. The van der Waals surface area contributed by atoms with Crippen molar-refractivity contribution in [2.75, 3.05) is 26.2 Å². The summed E-state index contributed by atoms with van der Waals surface area (Å²) < 4.78 is 0. The Bertz CT molecular complexity index is 621. The summed E-state index contributed by atoms with van der Waals surface area (Å²) in [5, 5.41) is 6.73. The fourth-order valence-corrected chi connectivity index (χ4v) is 5.09. The van der Waals surface area contributed by atoms with Gasteiger partial charge in [-0.2, -0.15) is 0 Å². The number of fused-ring (bicyclic) bond motifs is 1. The van der Waals surface area contributed by atoms with Gasteiger partial charge in [0.15, 0.2) is 0 Å². The summed E-state index contributed by atoms with van der Waals surface area (Å²) in [4.78, 5) is 15.5. The van der Waals surface area contributed by atoms with Gasteiger partial charge in [-0.15, -0.1) is 24.8 Å². The molecule has 0 radical (unpaired) electrons. The maximum absolute atomic E-state index is 13.0. The number of rotatable bonds is 5. The third-order valence-corrected chi connectivity index (χ3v) is 6.54. The molecule has 4 nitrogen and oxygen atoms in total. The molecular formula is C21H33Cl2N3O. The van der Waals surface area contributed by atoms with E-state index in [4.69, 9.17) is 0 Å². The second kappa shape index (κ2) is 10.1. The highest BCUT2D eigenvalue weighted by Gasteiger charge is 2.49. The molecule has 152 valence electrons. The summed E-state index contributed by atoms with van der Waals surface area (Å²) >= 11 is 0. The van der Waals surface area contributed by atoms with E-state index < -0.39 is 0 Å². The lowest BCUT2D eigenvalue weighted by Crippen LogP contribution is -2.47. The maximum Gasteiger partial charge on any atom is 0.228 e. The van der Waals surface area contributed by atoms with E-state index in [9.17, 15) is 4.79 Å². The molecule has 3 fully saturated rings. The molecular weight excluding hydrogens is 381 g/mol. The first-order valence-corrected chi connectivity index (χ1v) is 10.1. The molecule has 0 aromatic heterocycles. The summed E-state index contributed by atoms with van der Waals surface area (Å²) in [7, 11) is 0. The van der Waals surface area contributed by atoms with Crippen LogP contribution in [0, 0.1) is 11.3 Å². The van der Waals surface area contributed by atoms with Crippen molar-refractivity contribution in [1.82, 2.24) is 15.5 Å².